The maximum absolute atomic E-state index is 10.5. The van der Waals surface area contributed by atoms with Gasteiger partial charge in [-0.2, -0.15) is 0 Å². The molecule has 0 aliphatic heterocycles. The number of carbonyl (C=O) groups is 1. The summed E-state index contributed by atoms with van der Waals surface area (Å²) < 4.78 is 3.91. The fourth-order valence-corrected chi connectivity index (χ4v) is 4.64. The van der Waals surface area contributed by atoms with Crippen LogP contribution in [0, 0.1) is 13.8 Å². The van der Waals surface area contributed by atoms with E-state index in [1.807, 2.05) is 25.1 Å². The van der Waals surface area contributed by atoms with E-state index in [1.165, 1.54) is 5.56 Å². The van der Waals surface area contributed by atoms with E-state index in [-0.39, 0.29) is 0 Å². The standard InChI is InChI=1S/C8H6Br2O.C7H6Br2/c1-5-2-7(9)6(4-11)8(10)3-5;1-5-2-6(8)4-7(9)3-5/h2-4H,1H3;2-4H,1H3. The Morgan fingerprint density at radius 2 is 1.15 bits per heavy atom. The Labute approximate surface area is 152 Å². The van der Waals surface area contributed by atoms with Crippen molar-refractivity contribution < 1.29 is 4.79 Å². The van der Waals surface area contributed by atoms with Crippen molar-refractivity contribution in [1.82, 2.24) is 0 Å². The summed E-state index contributed by atoms with van der Waals surface area (Å²) >= 11 is 13.4. The van der Waals surface area contributed by atoms with Crippen molar-refractivity contribution in [3.05, 3.63) is 64.9 Å². The third-order valence-electron chi connectivity index (χ3n) is 2.35. The highest BCUT2D eigenvalue weighted by Gasteiger charge is 2.03. The third kappa shape index (κ3) is 5.80. The molecule has 0 fully saturated rings. The number of hydrogen-bond acceptors (Lipinski definition) is 1. The summed E-state index contributed by atoms with van der Waals surface area (Å²) in [6.45, 7) is 4.04. The van der Waals surface area contributed by atoms with Crippen LogP contribution in [0.4, 0.5) is 0 Å². The monoisotopic (exact) mass is 524 g/mol. The molecule has 0 bridgehead atoms. The van der Waals surface area contributed by atoms with Crippen LogP contribution in [0.1, 0.15) is 21.5 Å². The van der Waals surface area contributed by atoms with Crippen LogP contribution < -0.4 is 0 Å². The second kappa shape index (κ2) is 8.47. The highest BCUT2D eigenvalue weighted by Crippen LogP contribution is 2.25. The molecule has 2 aromatic rings. The molecule has 20 heavy (non-hydrogen) atoms. The van der Waals surface area contributed by atoms with E-state index < -0.39 is 0 Å². The van der Waals surface area contributed by atoms with Gasteiger partial charge < -0.3 is 0 Å². The minimum atomic E-state index is 0.663. The Bertz CT molecular complexity index is 550. The lowest BCUT2D eigenvalue weighted by atomic mass is 10.2. The Balaban J connectivity index is 0.000000204. The molecular weight excluding hydrogens is 516 g/mol. The summed E-state index contributed by atoms with van der Waals surface area (Å²) in [5.74, 6) is 0. The van der Waals surface area contributed by atoms with Crippen molar-refractivity contribution in [1.29, 1.82) is 0 Å². The number of aryl methyl sites for hydroxylation is 2. The van der Waals surface area contributed by atoms with Crippen molar-refractivity contribution >= 4 is 70.0 Å². The SMILES string of the molecule is Cc1cc(Br)c(C=O)c(Br)c1.Cc1cc(Br)cc(Br)c1. The summed E-state index contributed by atoms with van der Waals surface area (Å²) in [6, 6.07) is 9.99. The molecule has 0 atom stereocenters. The van der Waals surface area contributed by atoms with Crippen LogP contribution in [0.25, 0.3) is 0 Å². The highest BCUT2D eigenvalue weighted by atomic mass is 79.9. The lowest BCUT2D eigenvalue weighted by Gasteiger charge is -2.00. The molecule has 0 aromatic heterocycles. The lowest BCUT2D eigenvalue weighted by molar-refractivity contribution is 0.112. The number of benzene rings is 2. The highest BCUT2D eigenvalue weighted by molar-refractivity contribution is 9.11. The van der Waals surface area contributed by atoms with Gasteiger partial charge >= 0.3 is 0 Å². The molecule has 0 heterocycles. The summed E-state index contributed by atoms with van der Waals surface area (Å²) in [5, 5.41) is 0. The predicted octanol–water partition coefficient (Wildman–Crippen LogP) is 6.85. The van der Waals surface area contributed by atoms with Crippen LogP contribution in [-0.4, -0.2) is 6.29 Å². The Morgan fingerprint density at radius 3 is 1.50 bits per heavy atom. The molecule has 0 aliphatic carbocycles. The van der Waals surface area contributed by atoms with Crippen LogP contribution >= 0.6 is 63.7 Å². The smallest absolute Gasteiger partial charge is 0.152 e. The van der Waals surface area contributed by atoms with Crippen LogP contribution in [0.2, 0.25) is 0 Å². The van der Waals surface area contributed by atoms with Gasteiger partial charge in [0.15, 0.2) is 6.29 Å². The quantitative estimate of drug-likeness (QED) is 0.371. The molecule has 5 heteroatoms. The number of hydrogen-bond donors (Lipinski definition) is 0. The first-order valence-corrected chi connectivity index (χ1v) is 8.84. The molecule has 2 aromatic carbocycles. The Hall–Kier alpha value is 0.0300. The molecule has 0 saturated carbocycles. The Kier molecular flexibility index (Phi) is 7.65. The van der Waals surface area contributed by atoms with Crippen molar-refractivity contribution in [2.45, 2.75) is 13.8 Å². The zero-order valence-electron chi connectivity index (χ0n) is 10.9. The molecule has 0 saturated heterocycles. The van der Waals surface area contributed by atoms with E-state index in [0.29, 0.717) is 5.56 Å². The van der Waals surface area contributed by atoms with Crippen LogP contribution in [0.15, 0.2) is 48.2 Å². The first kappa shape index (κ1) is 18.1. The zero-order valence-corrected chi connectivity index (χ0v) is 17.2. The van der Waals surface area contributed by atoms with Crippen molar-refractivity contribution in [3.8, 4) is 0 Å². The van der Waals surface area contributed by atoms with E-state index in [1.54, 1.807) is 0 Å². The molecule has 0 N–H and O–H groups in total. The minimum absolute atomic E-state index is 0.663. The second-order valence-electron chi connectivity index (χ2n) is 4.21. The average Bonchev–Trinajstić information content (AvgIpc) is 2.26. The van der Waals surface area contributed by atoms with Gasteiger partial charge in [-0.15, -0.1) is 0 Å². The molecule has 106 valence electrons. The van der Waals surface area contributed by atoms with Gasteiger partial charge in [-0.25, -0.2) is 0 Å². The lowest BCUT2D eigenvalue weighted by Crippen LogP contribution is -1.85. The molecule has 2 rings (SSSR count). The number of halogens is 4. The largest absolute Gasteiger partial charge is 0.298 e. The molecule has 1 nitrogen and oxygen atoms in total. The molecule has 0 spiro atoms. The van der Waals surface area contributed by atoms with E-state index in [2.05, 4.69) is 82.8 Å². The fraction of sp³-hybridized carbons (Fsp3) is 0.133. The first-order chi connectivity index (χ1) is 9.33. The van der Waals surface area contributed by atoms with Gasteiger partial charge in [0, 0.05) is 23.5 Å². The predicted molar refractivity (Wildman–Crippen MR) is 98.5 cm³/mol. The fourth-order valence-electron chi connectivity index (χ4n) is 1.52. The molecule has 0 aliphatic rings. The number of carbonyl (C=O) groups excluding carboxylic acids is 1. The van der Waals surface area contributed by atoms with Gasteiger partial charge in [-0.05, 0) is 55.3 Å². The normalized spacial score (nSPS) is 9.70. The van der Waals surface area contributed by atoms with Gasteiger partial charge in [-0.3, -0.25) is 4.79 Å². The second-order valence-corrected chi connectivity index (χ2v) is 7.75. The molecule has 0 radical (unpaired) electrons. The summed E-state index contributed by atoms with van der Waals surface area (Å²) in [5.41, 5.74) is 3.04. The van der Waals surface area contributed by atoms with Gasteiger partial charge in [0.25, 0.3) is 0 Å². The van der Waals surface area contributed by atoms with Crippen LogP contribution in [0.3, 0.4) is 0 Å². The summed E-state index contributed by atoms with van der Waals surface area (Å²) in [4.78, 5) is 10.5. The van der Waals surface area contributed by atoms with E-state index in [0.717, 1.165) is 29.7 Å². The van der Waals surface area contributed by atoms with Gasteiger partial charge in [0.1, 0.15) is 0 Å². The third-order valence-corrected chi connectivity index (χ3v) is 4.58. The van der Waals surface area contributed by atoms with Crippen molar-refractivity contribution in [2.75, 3.05) is 0 Å². The summed E-state index contributed by atoms with van der Waals surface area (Å²) in [7, 11) is 0. The maximum Gasteiger partial charge on any atom is 0.152 e. The van der Waals surface area contributed by atoms with E-state index in [9.17, 15) is 4.79 Å². The van der Waals surface area contributed by atoms with E-state index >= 15 is 0 Å². The molecule has 0 amide bonds. The first-order valence-electron chi connectivity index (χ1n) is 5.67. The van der Waals surface area contributed by atoms with Crippen molar-refractivity contribution in [2.24, 2.45) is 0 Å². The number of rotatable bonds is 1. The maximum atomic E-state index is 10.5. The topological polar surface area (TPSA) is 17.1 Å². The Morgan fingerprint density at radius 1 is 0.750 bits per heavy atom. The van der Waals surface area contributed by atoms with Crippen molar-refractivity contribution in [3.63, 3.8) is 0 Å². The molecular formula is C15H12Br4O. The van der Waals surface area contributed by atoms with Crippen LogP contribution in [-0.2, 0) is 0 Å². The summed E-state index contributed by atoms with van der Waals surface area (Å²) in [6.07, 6.45) is 0.827. The van der Waals surface area contributed by atoms with Gasteiger partial charge in [0.2, 0.25) is 0 Å². The number of aldehydes is 1. The zero-order chi connectivity index (χ0) is 15.3. The van der Waals surface area contributed by atoms with Gasteiger partial charge in [-0.1, -0.05) is 63.7 Å². The molecule has 0 unspecified atom stereocenters. The van der Waals surface area contributed by atoms with Crippen LogP contribution in [0.5, 0.6) is 0 Å². The minimum Gasteiger partial charge on any atom is -0.298 e. The average molecular weight is 528 g/mol. The van der Waals surface area contributed by atoms with E-state index in [4.69, 9.17) is 0 Å². The van der Waals surface area contributed by atoms with Gasteiger partial charge in [0.05, 0.1) is 0 Å².